The molecule has 0 saturated carbocycles. The first kappa shape index (κ1) is 11.0. The van der Waals surface area contributed by atoms with Gasteiger partial charge in [0, 0.05) is 0 Å². The van der Waals surface area contributed by atoms with Gasteiger partial charge in [-0.25, -0.2) is 0 Å². The molecular weight excluding hydrogens is 136 g/mol. The van der Waals surface area contributed by atoms with Crippen LogP contribution in [0.3, 0.4) is 0 Å². The van der Waals surface area contributed by atoms with E-state index in [-0.39, 0.29) is 6.10 Å². The maximum absolute atomic E-state index is 8.92. The standard InChI is InChI=1S/C10H21O/c1-3-4-5-6-7-8-9-10(2)11/h8,10-11H,3-7,9H2,1-2H3. The van der Waals surface area contributed by atoms with E-state index in [4.69, 9.17) is 5.11 Å². The van der Waals surface area contributed by atoms with Crippen molar-refractivity contribution in [2.45, 2.75) is 58.5 Å². The molecule has 0 aromatic carbocycles. The van der Waals surface area contributed by atoms with Crippen LogP contribution in [0.25, 0.3) is 0 Å². The quantitative estimate of drug-likeness (QED) is 0.563. The predicted octanol–water partition coefficient (Wildman–Crippen LogP) is 2.93. The van der Waals surface area contributed by atoms with Gasteiger partial charge in [0.25, 0.3) is 0 Å². The monoisotopic (exact) mass is 157 g/mol. The van der Waals surface area contributed by atoms with E-state index < -0.39 is 0 Å². The highest BCUT2D eigenvalue weighted by Crippen LogP contribution is 2.06. The molecule has 0 heterocycles. The summed E-state index contributed by atoms with van der Waals surface area (Å²) < 4.78 is 0. The minimum absolute atomic E-state index is 0.152. The first-order chi connectivity index (χ1) is 5.27. The minimum atomic E-state index is -0.152. The molecule has 67 valence electrons. The van der Waals surface area contributed by atoms with Crippen LogP contribution in [0.2, 0.25) is 0 Å². The van der Waals surface area contributed by atoms with Crippen molar-refractivity contribution in [1.82, 2.24) is 0 Å². The van der Waals surface area contributed by atoms with Gasteiger partial charge in [0.05, 0.1) is 6.10 Å². The van der Waals surface area contributed by atoms with Gasteiger partial charge in [-0.3, -0.25) is 0 Å². The highest BCUT2D eigenvalue weighted by Gasteiger charge is 1.94. The maximum Gasteiger partial charge on any atom is 0.0514 e. The van der Waals surface area contributed by atoms with Crippen LogP contribution < -0.4 is 0 Å². The number of hydrogen-bond donors (Lipinski definition) is 1. The van der Waals surface area contributed by atoms with Crippen LogP contribution in [-0.2, 0) is 0 Å². The van der Waals surface area contributed by atoms with E-state index in [1.807, 2.05) is 6.92 Å². The average molecular weight is 157 g/mol. The van der Waals surface area contributed by atoms with Crippen molar-refractivity contribution in [3.63, 3.8) is 0 Å². The van der Waals surface area contributed by atoms with Gasteiger partial charge >= 0.3 is 0 Å². The fraction of sp³-hybridized carbons (Fsp3) is 0.900. The fourth-order valence-electron chi connectivity index (χ4n) is 1.07. The van der Waals surface area contributed by atoms with Crippen molar-refractivity contribution in [1.29, 1.82) is 0 Å². The Labute approximate surface area is 70.8 Å². The minimum Gasteiger partial charge on any atom is -0.393 e. The zero-order valence-corrected chi connectivity index (χ0v) is 7.84. The van der Waals surface area contributed by atoms with Crippen LogP contribution in [0, 0.1) is 6.42 Å². The molecule has 0 aromatic rings. The molecule has 1 radical (unpaired) electrons. The lowest BCUT2D eigenvalue weighted by Gasteiger charge is -2.02. The lowest BCUT2D eigenvalue weighted by atomic mass is 10.1. The van der Waals surface area contributed by atoms with E-state index in [1.165, 1.54) is 32.1 Å². The van der Waals surface area contributed by atoms with Gasteiger partial charge in [-0.05, 0) is 19.8 Å². The molecule has 1 N–H and O–H groups in total. The van der Waals surface area contributed by atoms with Gasteiger partial charge in [-0.1, -0.05) is 39.0 Å². The Morgan fingerprint density at radius 2 is 2.00 bits per heavy atom. The van der Waals surface area contributed by atoms with E-state index in [0.29, 0.717) is 0 Å². The van der Waals surface area contributed by atoms with Crippen LogP contribution in [0.15, 0.2) is 0 Å². The fourth-order valence-corrected chi connectivity index (χ4v) is 1.07. The van der Waals surface area contributed by atoms with Crippen molar-refractivity contribution in [3.8, 4) is 0 Å². The highest BCUT2D eigenvalue weighted by molar-refractivity contribution is 4.67. The summed E-state index contributed by atoms with van der Waals surface area (Å²) in [6.45, 7) is 4.06. The molecule has 11 heavy (non-hydrogen) atoms. The lowest BCUT2D eigenvalue weighted by Crippen LogP contribution is -1.98. The Balaban J connectivity index is 2.80. The molecule has 0 aromatic heterocycles. The van der Waals surface area contributed by atoms with Gasteiger partial charge in [-0.2, -0.15) is 0 Å². The SMILES string of the molecule is CCCCCC[CH]CC(C)O. The zero-order valence-electron chi connectivity index (χ0n) is 7.84. The van der Waals surface area contributed by atoms with Crippen LogP contribution >= 0.6 is 0 Å². The molecule has 0 aliphatic carbocycles. The van der Waals surface area contributed by atoms with E-state index in [0.717, 1.165) is 6.42 Å². The molecule has 1 heteroatoms. The second kappa shape index (κ2) is 8.06. The van der Waals surface area contributed by atoms with Crippen LogP contribution in [0.4, 0.5) is 0 Å². The Bertz CT molecular complexity index is 69.3. The summed E-state index contributed by atoms with van der Waals surface area (Å²) in [4.78, 5) is 0. The van der Waals surface area contributed by atoms with E-state index in [1.54, 1.807) is 0 Å². The summed E-state index contributed by atoms with van der Waals surface area (Å²) >= 11 is 0. The van der Waals surface area contributed by atoms with Gasteiger partial charge in [0.2, 0.25) is 0 Å². The third-order valence-corrected chi connectivity index (χ3v) is 1.77. The summed E-state index contributed by atoms with van der Waals surface area (Å²) in [5.74, 6) is 0. The molecule has 1 atom stereocenters. The van der Waals surface area contributed by atoms with Crippen LogP contribution in [0.1, 0.15) is 52.4 Å². The first-order valence-electron chi connectivity index (χ1n) is 4.77. The second-order valence-corrected chi connectivity index (χ2v) is 3.22. The van der Waals surface area contributed by atoms with Gasteiger partial charge < -0.3 is 5.11 Å². The van der Waals surface area contributed by atoms with Crippen molar-refractivity contribution in [3.05, 3.63) is 6.42 Å². The Morgan fingerprint density at radius 1 is 1.27 bits per heavy atom. The highest BCUT2D eigenvalue weighted by atomic mass is 16.3. The summed E-state index contributed by atoms with van der Waals surface area (Å²) in [5.41, 5.74) is 0. The molecule has 0 amide bonds. The Hall–Kier alpha value is -0.0400. The second-order valence-electron chi connectivity index (χ2n) is 3.22. The number of unbranched alkanes of at least 4 members (excludes halogenated alkanes) is 5. The summed E-state index contributed by atoms with van der Waals surface area (Å²) in [6, 6.07) is 0. The first-order valence-corrected chi connectivity index (χ1v) is 4.77. The normalized spacial score (nSPS) is 13.4. The smallest absolute Gasteiger partial charge is 0.0514 e. The molecule has 0 fully saturated rings. The molecule has 0 aliphatic rings. The zero-order chi connectivity index (χ0) is 8.53. The van der Waals surface area contributed by atoms with Gasteiger partial charge in [-0.15, -0.1) is 0 Å². The summed E-state index contributed by atoms with van der Waals surface area (Å²) in [7, 11) is 0. The summed E-state index contributed by atoms with van der Waals surface area (Å²) in [5, 5.41) is 8.92. The number of rotatable bonds is 7. The molecule has 0 saturated heterocycles. The molecule has 1 unspecified atom stereocenters. The third kappa shape index (κ3) is 9.96. The molecule has 0 rings (SSSR count). The van der Waals surface area contributed by atoms with E-state index >= 15 is 0 Å². The average Bonchev–Trinajstić information content (AvgIpc) is 1.96. The van der Waals surface area contributed by atoms with E-state index in [2.05, 4.69) is 13.3 Å². The topological polar surface area (TPSA) is 20.2 Å². The predicted molar refractivity (Wildman–Crippen MR) is 49.4 cm³/mol. The van der Waals surface area contributed by atoms with Gasteiger partial charge in [0.15, 0.2) is 0 Å². The third-order valence-electron chi connectivity index (χ3n) is 1.77. The lowest BCUT2D eigenvalue weighted by molar-refractivity contribution is 0.193. The number of aliphatic hydroxyl groups is 1. The number of aliphatic hydroxyl groups excluding tert-OH is 1. The summed E-state index contributed by atoms with van der Waals surface area (Å²) in [6.07, 6.45) is 9.35. The largest absolute Gasteiger partial charge is 0.393 e. The Morgan fingerprint density at radius 3 is 2.55 bits per heavy atom. The van der Waals surface area contributed by atoms with Crippen LogP contribution in [-0.4, -0.2) is 11.2 Å². The molecule has 0 aliphatic heterocycles. The maximum atomic E-state index is 8.92. The van der Waals surface area contributed by atoms with Crippen molar-refractivity contribution < 1.29 is 5.11 Å². The molecular formula is C10H21O. The van der Waals surface area contributed by atoms with Crippen molar-refractivity contribution >= 4 is 0 Å². The molecule has 0 spiro atoms. The van der Waals surface area contributed by atoms with Crippen molar-refractivity contribution in [2.75, 3.05) is 0 Å². The molecule has 1 nitrogen and oxygen atoms in total. The Kier molecular flexibility index (Phi) is 8.03. The van der Waals surface area contributed by atoms with Crippen LogP contribution in [0.5, 0.6) is 0 Å². The molecule has 0 bridgehead atoms. The van der Waals surface area contributed by atoms with Gasteiger partial charge in [0.1, 0.15) is 0 Å². The number of hydrogen-bond acceptors (Lipinski definition) is 1. The van der Waals surface area contributed by atoms with E-state index in [9.17, 15) is 0 Å². The van der Waals surface area contributed by atoms with Crippen molar-refractivity contribution in [2.24, 2.45) is 0 Å².